The molecule has 144 valence electrons. The maximum Gasteiger partial charge on any atom is 0.411 e. The van der Waals surface area contributed by atoms with Gasteiger partial charge >= 0.3 is 6.09 Å². The summed E-state index contributed by atoms with van der Waals surface area (Å²) in [5.74, 6) is -0.344. The number of hydrogen-bond acceptors (Lipinski definition) is 3. The van der Waals surface area contributed by atoms with Crippen LogP contribution in [-0.2, 0) is 10.3 Å². The molecular formula is C21H23BrFNO3. The van der Waals surface area contributed by atoms with Gasteiger partial charge in [-0.1, -0.05) is 47.1 Å². The summed E-state index contributed by atoms with van der Waals surface area (Å²) < 4.78 is 20.2. The van der Waals surface area contributed by atoms with Gasteiger partial charge in [-0.05, 0) is 41.8 Å². The number of carbonyl (C=O) groups is 1. The maximum atomic E-state index is 13.3. The van der Waals surface area contributed by atoms with E-state index < -0.39 is 11.7 Å². The molecule has 1 fully saturated rings. The van der Waals surface area contributed by atoms with Gasteiger partial charge in [0.25, 0.3) is 0 Å². The fourth-order valence-corrected chi connectivity index (χ4v) is 4.00. The average molecular weight is 436 g/mol. The van der Waals surface area contributed by atoms with Crippen LogP contribution in [0.5, 0.6) is 0 Å². The Morgan fingerprint density at radius 1 is 1.22 bits per heavy atom. The van der Waals surface area contributed by atoms with Gasteiger partial charge in [0.15, 0.2) is 0 Å². The molecule has 2 aromatic carbocycles. The highest BCUT2D eigenvalue weighted by Gasteiger charge is 2.43. The molecule has 1 N–H and O–H groups in total. The Kier molecular flexibility index (Phi) is 6.17. The number of hydrogen-bond donors (Lipinski definition) is 1. The minimum atomic E-state index is -0.923. The monoisotopic (exact) mass is 435 g/mol. The van der Waals surface area contributed by atoms with Crippen molar-refractivity contribution < 1.29 is 19.0 Å². The van der Waals surface area contributed by atoms with E-state index in [0.717, 1.165) is 16.5 Å². The molecule has 2 aromatic rings. The minimum Gasteiger partial charge on any atom is -0.438 e. The zero-order valence-electron chi connectivity index (χ0n) is 15.2. The molecule has 3 rings (SSSR count). The van der Waals surface area contributed by atoms with Crippen molar-refractivity contribution in [2.75, 3.05) is 13.2 Å². The van der Waals surface area contributed by atoms with Crippen molar-refractivity contribution in [2.24, 2.45) is 0 Å². The lowest BCUT2D eigenvalue weighted by Gasteiger charge is -2.44. The minimum absolute atomic E-state index is 0.0778. The van der Waals surface area contributed by atoms with Gasteiger partial charge < -0.3 is 14.7 Å². The highest BCUT2D eigenvalue weighted by Crippen LogP contribution is 2.40. The van der Waals surface area contributed by atoms with E-state index >= 15 is 0 Å². The van der Waals surface area contributed by atoms with E-state index in [0.29, 0.717) is 18.5 Å². The Morgan fingerprint density at radius 2 is 1.89 bits per heavy atom. The number of carbonyl (C=O) groups excluding carboxylic acids is 1. The Balaban J connectivity index is 1.85. The lowest BCUT2D eigenvalue weighted by atomic mass is 9.85. The van der Waals surface area contributed by atoms with E-state index in [9.17, 15) is 14.3 Å². The van der Waals surface area contributed by atoms with Crippen molar-refractivity contribution in [1.82, 2.24) is 4.90 Å². The summed E-state index contributed by atoms with van der Waals surface area (Å²) in [5.41, 5.74) is 0.838. The smallest absolute Gasteiger partial charge is 0.411 e. The van der Waals surface area contributed by atoms with Gasteiger partial charge in [-0.15, -0.1) is 0 Å². The van der Waals surface area contributed by atoms with Crippen molar-refractivity contribution in [2.45, 2.75) is 37.8 Å². The number of benzene rings is 2. The van der Waals surface area contributed by atoms with Gasteiger partial charge in [0.05, 0.1) is 6.04 Å². The summed E-state index contributed by atoms with van der Waals surface area (Å²) in [7, 11) is 0. The summed E-state index contributed by atoms with van der Waals surface area (Å²) in [6, 6.07) is 13.8. The highest BCUT2D eigenvalue weighted by atomic mass is 79.9. The molecule has 0 radical (unpaired) electrons. The molecule has 6 heteroatoms. The first kappa shape index (κ1) is 19.8. The second-order valence-electron chi connectivity index (χ2n) is 6.76. The molecule has 2 unspecified atom stereocenters. The third-order valence-corrected chi connectivity index (χ3v) is 5.71. The van der Waals surface area contributed by atoms with Crippen LogP contribution in [0.1, 0.15) is 43.4 Å². The van der Waals surface area contributed by atoms with Crippen molar-refractivity contribution in [3.63, 3.8) is 0 Å². The molecule has 1 aliphatic rings. The quantitative estimate of drug-likeness (QED) is 0.681. The summed E-state index contributed by atoms with van der Waals surface area (Å²) in [6.07, 6.45) is 1.18. The largest absolute Gasteiger partial charge is 0.438 e. The third-order valence-electron chi connectivity index (χ3n) is 5.18. The van der Waals surface area contributed by atoms with Crippen LogP contribution in [-0.4, -0.2) is 29.3 Å². The zero-order chi connectivity index (χ0) is 19.4. The first-order chi connectivity index (χ1) is 13.0. The van der Waals surface area contributed by atoms with E-state index in [1.54, 1.807) is 17.0 Å². The number of cyclic esters (lactones) is 1. The third kappa shape index (κ3) is 4.17. The van der Waals surface area contributed by atoms with Crippen LogP contribution < -0.4 is 0 Å². The van der Waals surface area contributed by atoms with Crippen molar-refractivity contribution in [3.8, 4) is 0 Å². The normalized spacial score (nSPS) is 21.0. The van der Waals surface area contributed by atoms with Gasteiger partial charge in [0, 0.05) is 30.5 Å². The molecule has 0 aromatic heterocycles. The van der Waals surface area contributed by atoms with Crippen LogP contribution in [0.15, 0.2) is 53.0 Å². The summed E-state index contributed by atoms with van der Waals surface area (Å²) in [5, 5.41) is 9.53. The fraction of sp³-hybridized carbons (Fsp3) is 0.381. The number of amides is 1. The number of nitrogens with zero attached hydrogens (tertiary/aromatic N) is 1. The molecule has 4 nitrogen and oxygen atoms in total. The van der Waals surface area contributed by atoms with E-state index in [2.05, 4.69) is 15.9 Å². The summed E-state index contributed by atoms with van der Waals surface area (Å²) in [4.78, 5) is 14.6. The molecule has 0 spiro atoms. The molecule has 1 saturated heterocycles. The van der Waals surface area contributed by atoms with Gasteiger partial charge in [0.2, 0.25) is 0 Å². The van der Waals surface area contributed by atoms with Gasteiger partial charge in [-0.2, -0.15) is 0 Å². The van der Waals surface area contributed by atoms with E-state index in [4.69, 9.17) is 4.74 Å². The first-order valence-corrected chi connectivity index (χ1v) is 9.90. The lowest BCUT2D eigenvalue weighted by Crippen LogP contribution is -2.49. The summed E-state index contributed by atoms with van der Waals surface area (Å²) >= 11 is 3.43. The topological polar surface area (TPSA) is 49.8 Å². The molecule has 0 aliphatic carbocycles. The van der Waals surface area contributed by atoms with E-state index in [1.165, 1.54) is 12.1 Å². The Hall–Kier alpha value is -1.92. The van der Waals surface area contributed by atoms with Crippen LogP contribution in [0.25, 0.3) is 0 Å². The van der Waals surface area contributed by atoms with Crippen LogP contribution >= 0.6 is 15.9 Å². The molecule has 0 bridgehead atoms. The van der Waals surface area contributed by atoms with Crippen LogP contribution in [0, 0.1) is 5.82 Å². The van der Waals surface area contributed by atoms with Gasteiger partial charge in [0.1, 0.15) is 11.4 Å². The van der Waals surface area contributed by atoms with E-state index in [-0.39, 0.29) is 24.9 Å². The molecule has 2 atom stereocenters. The second kappa shape index (κ2) is 8.40. The van der Waals surface area contributed by atoms with Crippen LogP contribution in [0.4, 0.5) is 9.18 Å². The molecular weight excluding hydrogens is 413 g/mol. The Bertz CT molecular complexity index is 781. The number of aliphatic hydroxyl groups excluding tert-OH is 1. The predicted octanol–water partition coefficient (Wildman–Crippen LogP) is 5.16. The first-order valence-electron chi connectivity index (χ1n) is 9.11. The number of halogens is 2. The van der Waals surface area contributed by atoms with Crippen LogP contribution in [0.2, 0.25) is 0 Å². The molecule has 0 saturated carbocycles. The lowest BCUT2D eigenvalue weighted by molar-refractivity contribution is -0.0734. The fourth-order valence-electron chi connectivity index (χ4n) is 3.73. The van der Waals surface area contributed by atoms with Crippen molar-refractivity contribution in [1.29, 1.82) is 0 Å². The molecule has 1 amide bonds. The van der Waals surface area contributed by atoms with E-state index in [1.807, 2.05) is 31.2 Å². The predicted molar refractivity (Wildman–Crippen MR) is 105 cm³/mol. The zero-order valence-corrected chi connectivity index (χ0v) is 16.8. The average Bonchev–Trinajstić information content (AvgIpc) is 2.66. The van der Waals surface area contributed by atoms with Gasteiger partial charge in [-0.25, -0.2) is 9.18 Å². The molecule has 1 heterocycles. The van der Waals surface area contributed by atoms with Crippen LogP contribution in [0.3, 0.4) is 0 Å². The Morgan fingerprint density at radius 3 is 2.44 bits per heavy atom. The SMILES string of the molecule is CCC(c1ccc(Br)cc1)N1CCC(CCO)(c2ccc(F)cc2)OC1=O. The molecule has 1 aliphatic heterocycles. The number of ether oxygens (including phenoxy) is 1. The number of rotatable bonds is 6. The Labute approximate surface area is 167 Å². The maximum absolute atomic E-state index is 13.3. The van der Waals surface area contributed by atoms with Crippen molar-refractivity contribution >= 4 is 22.0 Å². The number of aliphatic hydroxyl groups is 1. The molecule has 27 heavy (non-hydrogen) atoms. The standard InChI is InChI=1S/C21H23BrFNO3/c1-2-19(15-3-7-17(22)8-4-15)24-13-11-21(12-14-25,27-20(24)26)16-5-9-18(23)10-6-16/h3-10,19,25H,2,11-14H2,1H3. The van der Waals surface area contributed by atoms with Gasteiger partial charge in [-0.3, -0.25) is 0 Å². The summed E-state index contributed by atoms with van der Waals surface area (Å²) in [6.45, 7) is 2.43. The highest BCUT2D eigenvalue weighted by molar-refractivity contribution is 9.10. The van der Waals surface area contributed by atoms with Crippen molar-refractivity contribution in [3.05, 3.63) is 69.9 Å². The second-order valence-corrected chi connectivity index (χ2v) is 7.68.